The summed E-state index contributed by atoms with van der Waals surface area (Å²) >= 11 is 13.9. The average Bonchev–Trinajstić information content (AvgIpc) is 2.77. The predicted molar refractivity (Wildman–Crippen MR) is 124 cm³/mol. The first kappa shape index (κ1) is 20.4. The molecule has 0 aliphatic carbocycles. The Bertz CT molecular complexity index is 1130. The number of aromatic nitrogens is 1. The highest BCUT2D eigenvalue weighted by molar-refractivity contribution is 7.98. The van der Waals surface area contributed by atoms with E-state index in [1.807, 2.05) is 30.3 Å². The van der Waals surface area contributed by atoms with Gasteiger partial charge in [-0.05, 0) is 48.3 Å². The highest BCUT2D eigenvalue weighted by Gasteiger charge is 2.23. The van der Waals surface area contributed by atoms with Gasteiger partial charge in [-0.25, -0.2) is 9.98 Å². The van der Waals surface area contributed by atoms with E-state index < -0.39 is 0 Å². The smallest absolute Gasteiger partial charge is 0.148 e. The molecule has 30 heavy (non-hydrogen) atoms. The van der Waals surface area contributed by atoms with Gasteiger partial charge in [0, 0.05) is 33.1 Å². The van der Waals surface area contributed by atoms with Crippen molar-refractivity contribution in [3.8, 4) is 6.07 Å². The summed E-state index contributed by atoms with van der Waals surface area (Å²) < 4.78 is 3.32. The number of pyridine rings is 1. The maximum atomic E-state index is 8.84. The maximum absolute atomic E-state index is 8.84. The van der Waals surface area contributed by atoms with Crippen LogP contribution in [0.3, 0.4) is 0 Å². The molecule has 150 valence electrons. The van der Waals surface area contributed by atoms with E-state index in [4.69, 9.17) is 33.5 Å². The summed E-state index contributed by atoms with van der Waals surface area (Å²) in [6.07, 6.45) is 1.20. The minimum Gasteiger partial charge on any atom is -0.359 e. The van der Waals surface area contributed by atoms with Gasteiger partial charge in [0.25, 0.3) is 0 Å². The van der Waals surface area contributed by atoms with Crippen LogP contribution in [0.2, 0.25) is 10.0 Å². The van der Waals surface area contributed by atoms with Crippen molar-refractivity contribution >= 4 is 52.5 Å². The summed E-state index contributed by atoms with van der Waals surface area (Å²) in [4.78, 5) is 9.02. The molecule has 1 aromatic heterocycles. The highest BCUT2D eigenvalue weighted by atomic mass is 35.5. The number of halogens is 2. The number of benzene rings is 2. The van der Waals surface area contributed by atoms with Crippen molar-refractivity contribution in [2.24, 2.45) is 4.99 Å². The molecule has 2 aromatic carbocycles. The maximum Gasteiger partial charge on any atom is 0.148 e. The van der Waals surface area contributed by atoms with Gasteiger partial charge in [-0.15, -0.1) is 0 Å². The lowest BCUT2D eigenvalue weighted by Gasteiger charge is -2.26. The topological polar surface area (TPSA) is 85.1 Å². The zero-order chi connectivity index (χ0) is 20.9. The van der Waals surface area contributed by atoms with E-state index in [9.17, 15) is 0 Å². The Morgan fingerprint density at radius 2 is 2.00 bits per heavy atom. The first-order chi connectivity index (χ1) is 14.6. The molecule has 1 aliphatic heterocycles. The Kier molecular flexibility index (Phi) is 6.29. The second-order valence-electron chi connectivity index (χ2n) is 6.35. The number of nitrogens with one attached hydrogen (secondary N) is 3. The number of aliphatic imine (C=N–C) groups is 1. The summed E-state index contributed by atoms with van der Waals surface area (Å²) in [6, 6.07) is 18.9. The molecule has 0 bridgehead atoms. The molecule has 1 atom stereocenters. The van der Waals surface area contributed by atoms with Crippen LogP contribution in [0.15, 0.2) is 65.8 Å². The van der Waals surface area contributed by atoms with Gasteiger partial charge in [-0.3, -0.25) is 0 Å². The minimum absolute atomic E-state index is 0.332. The molecule has 6 nitrogen and oxygen atoms in total. The number of nitrogens with zero attached hydrogens (tertiary/aromatic N) is 3. The first-order valence-corrected chi connectivity index (χ1v) is 10.7. The van der Waals surface area contributed by atoms with Gasteiger partial charge in [0.05, 0.1) is 11.4 Å². The van der Waals surface area contributed by atoms with Crippen LogP contribution in [-0.4, -0.2) is 16.7 Å². The van der Waals surface area contributed by atoms with Crippen LogP contribution in [-0.2, 0) is 0 Å². The Morgan fingerprint density at radius 3 is 2.77 bits per heavy atom. The molecule has 0 fully saturated rings. The zero-order valence-electron chi connectivity index (χ0n) is 15.6. The van der Waals surface area contributed by atoms with Gasteiger partial charge in [-0.2, -0.15) is 5.26 Å². The summed E-state index contributed by atoms with van der Waals surface area (Å²) in [7, 11) is 0. The van der Waals surface area contributed by atoms with Crippen LogP contribution < -0.4 is 15.4 Å². The summed E-state index contributed by atoms with van der Waals surface area (Å²) in [5.41, 5.74) is 3.31. The quantitative estimate of drug-likeness (QED) is 0.270. The molecule has 9 heteroatoms. The monoisotopic (exact) mass is 454 g/mol. The Morgan fingerprint density at radius 1 is 1.13 bits per heavy atom. The van der Waals surface area contributed by atoms with E-state index in [0.29, 0.717) is 27.3 Å². The number of hydrogen-bond acceptors (Lipinski definition) is 7. The van der Waals surface area contributed by atoms with Crippen LogP contribution in [0.4, 0.5) is 11.5 Å². The van der Waals surface area contributed by atoms with Gasteiger partial charge < -0.3 is 15.4 Å². The zero-order valence-corrected chi connectivity index (χ0v) is 17.9. The van der Waals surface area contributed by atoms with Crippen molar-refractivity contribution in [2.75, 3.05) is 16.5 Å². The third kappa shape index (κ3) is 4.62. The summed E-state index contributed by atoms with van der Waals surface area (Å²) in [5, 5.41) is 16.6. The lowest BCUT2D eigenvalue weighted by Crippen LogP contribution is -2.27. The number of hydrogen-bond donors (Lipinski definition) is 3. The van der Waals surface area contributed by atoms with Gasteiger partial charge in [0.15, 0.2) is 0 Å². The van der Waals surface area contributed by atoms with Crippen molar-refractivity contribution in [3.63, 3.8) is 0 Å². The molecular formula is C21H16Cl2N6S. The van der Waals surface area contributed by atoms with Crippen LogP contribution >= 0.6 is 35.1 Å². The van der Waals surface area contributed by atoms with E-state index in [2.05, 4.69) is 26.4 Å². The third-order valence-corrected chi connectivity index (χ3v) is 5.57. The molecule has 4 rings (SSSR count). The number of rotatable bonds is 5. The lowest BCUT2D eigenvalue weighted by atomic mass is 10.1. The van der Waals surface area contributed by atoms with Gasteiger partial charge in [-0.1, -0.05) is 41.4 Å². The van der Waals surface area contributed by atoms with E-state index in [1.54, 1.807) is 24.3 Å². The van der Waals surface area contributed by atoms with Crippen molar-refractivity contribution in [1.82, 2.24) is 9.71 Å². The number of nitriles is 1. The van der Waals surface area contributed by atoms with Gasteiger partial charge in [0.2, 0.25) is 0 Å². The molecule has 1 unspecified atom stereocenters. The highest BCUT2D eigenvalue weighted by Crippen LogP contribution is 2.34. The van der Waals surface area contributed by atoms with Crippen LogP contribution in [0.25, 0.3) is 0 Å². The normalized spacial score (nSPS) is 14.7. The van der Waals surface area contributed by atoms with Crippen LogP contribution in [0, 0.1) is 11.3 Å². The van der Waals surface area contributed by atoms with Crippen molar-refractivity contribution < 1.29 is 0 Å². The molecule has 1 aliphatic rings. The molecule has 2 heterocycles. The van der Waals surface area contributed by atoms with E-state index in [-0.39, 0.29) is 6.17 Å². The fourth-order valence-corrected chi connectivity index (χ4v) is 4.03. The van der Waals surface area contributed by atoms with Crippen molar-refractivity contribution in [3.05, 3.63) is 87.5 Å². The number of fused-ring (bicyclic) bond motifs is 1. The van der Waals surface area contributed by atoms with E-state index in [0.717, 1.165) is 22.6 Å². The molecular weight excluding hydrogens is 439 g/mol. The number of para-hydroxylation sites is 1. The first-order valence-electron chi connectivity index (χ1n) is 9.00. The fraction of sp³-hybridized carbons (Fsp3) is 0.0952. The van der Waals surface area contributed by atoms with Crippen molar-refractivity contribution in [2.45, 2.75) is 6.17 Å². The minimum atomic E-state index is -0.332. The molecule has 3 N–H and O–H groups in total. The predicted octanol–water partition coefficient (Wildman–Crippen LogP) is 5.44. The molecule has 0 amide bonds. The van der Waals surface area contributed by atoms with Crippen molar-refractivity contribution in [1.29, 1.82) is 5.26 Å². The summed E-state index contributed by atoms with van der Waals surface area (Å²) in [5.74, 6) is 2.00. The van der Waals surface area contributed by atoms with Crippen LogP contribution in [0.5, 0.6) is 0 Å². The Hall–Kier alpha value is -2.92. The average molecular weight is 455 g/mol. The second-order valence-corrected chi connectivity index (χ2v) is 7.97. The van der Waals surface area contributed by atoms with Crippen LogP contribution in [0.1, 0.15) is 22.9 Å². The summed E-state index contributed by atoms with van der Waals surface area (Å²) in [6.45, 7) is 0. The van der Waals surface area contributed by atoms with E-state index in [1.165, 1.54) is 18.1 Å². The van der Waals surface area contributed by atoms with E-state index >= 15 is 0 Å². The Balaban J connectivity index is 1.47. The lowest BCUT2D eigenvalue weighted by molar-refractivity contribution is 0.823. The molecule has 0 radical (unpaired) electrons. The fourth-order valence-electron chi connectivity index (χ4n) is 2.92. The molecule has 0 saturated carbocycles. The molecule has 3 aromatic rings. The second kappa shape index (κ2) is 9.26. The SMILES string of the molecule is N#Cc1ccc(NCSNC2=NC(c3ccc(Cl)cc3Cl)Nc3ccccc32)nc1. The number of amidine groups is 1. The Labute approximate surface area is 188 Å². The number of anilines is 2. The standard InChI is InChI=1S/C21H16Cl2N6S/c22-14-6-7-15(17(23)9-14)20-27-18-4-2-1-3-16(18)21(28-20)29-30-12-26-19-8-5-13(10-24)11-25-19/h1-9,11,20,27H,12H2,(H,25,26)(H,28,29). The molecule has 0 saturated heterocycles. The third-order valence-electron chi connectivity index (χ3n) is 4.38. The van der Waals surface area contributed by atoms with Gasteiger partial charge >= 0.3 is 0 Å². The van der Waals surface area contributed by atoms with Gasteiger partial charge in [0.1, 0.15) is 23.9 Å². The largest absolute Gasteiger partial charge is 0.359 e. The molecule has 0 spiro atoms.